The Balaban J connectivity index is 1.38. The lowest BCUT2D eigenvalue weighted by atomic mass is 10.1. The maximum Gasteiger partial charge on any atom is 0.261 e. The van der Waals surface area contributed by atoms with Crippen molar-refractivity contribution >= 4 is 64.2 Å². The molecule has 3 aromatic carbocycles. The molecule has 4 aromatic rings. The molecule has 8 nitrogen and oxygen atoms in total. The van der Waals surface area contributed by atoms with Crippen molar-refractivity contribution in [1.29, 1.82) is 0 Å². The Labute approximate surface area is 227 Å². The number of sulfonamides is 1. The van der Waals surface area contributed by atoms with Crippen molar-refractivity contribution in [2.45, 2.75) is 23.8 Å². The van der Waals surface area contributed by atoms with Gasteiger partial charge in [0.05, 0.1) is 34.9 Å². The van der Waals surface area contributed by atoms with E-state index in [0.29, 0.717) is 35.3 Å². The van der Waals surface area contributed by atoms with Gasteiger partial charge in [0.25, 0.3) is 15.9 Å². The molecule has 1 atom stereocenters. The summed E-state index contributed by atoms with van der Waals surface area (Å²) in [6, 6.07) is 18.3. The van der Waals surface area contributed by atoms with Gasteiger partial charge in [0.15, 0.2) is 5.13 Å². The van der Waals surface area contributed by atoms with Crippen LogP contribution in [0.2, 0.25) is 0 Å². The maximum absolute atomic E-state index is 13.6. The van der Waals surface area contributed by atoms with E-state index < -0.39 is 10.0 Å². The van der Waals surface area contributed by atoms with Crippen LogP contribution in [-0.2, 0) is 14.8 Å². The minimum absolute atomic E-state index is 0.0572. The molecule has 1 aromatic heterocycles. The van der Waals surface area contributed by atoms with Gasteiger partial charge in [-0.2, -0.15) is 0 Å². The molecule has 0 aliphatic carbocycles. The number of benzene rings is 3. The second-order valence-electron chi connectivity index (χ2n) is 8.52. The number of rotatable bonds is 8. The number of nitrogens with one attached hydrogen (secondary N) is 1. The summed E-state index contributed by atoms with van der Waals surface area (Å²) in [7, 11) is -2.28. The molecule has 37 heavy (non-hydrogen) atoms. The Kier molecular flexibility index (Phi) is 7.47. The zero-order valence-corrected chi connectivity index (χ0v) is 23.1. The normalized spacial score (nSPS) is 15.6. The fourth-order valence-corrected chi connectivity index (χ4v) is 6.63. The molecule has 1 saturated heterocycles. The first kappa shape index (κ1) is 25.7. The van der Waals surface area contributed by atoms with E-state index in [1.54, 1.807) is 41.3 Å². The molecule has 5 rings (SSSR count). The summed E-state index contributed by atoms with van der Waals surface area (Å²) in [6.07, 6.45) is 1.78. The van der Waals surface area contributed by atoms with Crippen molar-refractivity contribution < 1.29 is 22.7 Å². The standard InChI is InChI=1S/C26H24BrN3O5S2/c1-34-20-9-11-22(12-10-20)37(32,33)29-19-7-4-17(5-8-19)25(31)30(16-21-3-2-14-35-21)26-28-23-13-6-18(27)15-24(23)36-26/h4-13,15,21,29H,2-3,14,16H2,1H3. The highest BCUT2D eigenvalue weighted by atomic mass is 79.9. The quantitative estimate of drug-likeness (QED) is 0.278. The predicted octanol–water partition coefficient (Wildman–Crippen LogP) is 5.69. The number of nitrogens with zero attached hydrogens (tertiary/aromatic N) is 2. The number of hydrogen-bond acceptors (Lipinski definition) is 7. The highest BCUT2D eigenvalue weighted by Gasteiger charge is 2.27. The lowest BCUT2D eigenvalue weighted by molar-refractivity contribution is 0.0917. The molecular weight excluding hydrogens is 578 g/mol. The van der Waals surface area contributed by atoms with E-state index in [4.69, 9.17) is 14.5 Å². The minimum Gasteiger partial charge on any atom is -0.497 e. The van der Waals surface area contributed by atoms with Crippen LogP contribution in [0.4, 0.5) is 10.8 Å². The zero-order chi connectivity index (χ0) is 26.0. The molecule has 0 saturated carbocycles. The summed E-state index contributed by atoms with van der Waals surface area (Å²) < 4.78 is 40.9. The largest absolute Gasteiger partial charge is 0.497 e. The van der Waals surface area contributed by atoms with Gasteiger partial charge in [-0.3, -0.25) is 14.4 Å². The van der Waals surface area contributed by atoms with Crippen LogP contribution in [0.5, 0.6) is 5.75 Å². The third-order valence-corrected chi connectivity index (χ3v) is 8.91. The number of carbonyl (C=O) groups excluding carboxylic acids is 1. The molecule has 1 aliphatic rings. The predicted molar refractivity (Wildman–Crippen MR) is 148 cm³/mol. The molecule has 0 radical (unpaired) electrons. The Morgan fingerprint density at radius 3 is 2.59 bits per heavy atom. The van der Waals surface area contributed by atoms with Gasteiger partial charge in [0.1, 0.15) is 5.75 Å². The molecule has 1 amide bonds. The van der Waals surface area contributed by atoms with Gasteiger partial charge in [-0.15, -0.1) is 0 Å². The van der Waals surface area contributed by atoms with E-state index in [-0.39, 0.29) is 16.9 Å². The Morgan fingerprint density at radius 2 is 1.92 bits per heavy atom. The van der Waals surface area contributed by atoms with Crippen LogP contribution in [0.1, 0.15) is 23.2 Å². The monoisotopic (exact) mass is 601 g/mol. The first-order chi connectivity index (χ1) is 17.8. The number of thiazole rings is 1. The van der Waals surface area contributed by atoms with Crippen molar-refractivity contribution in [1.82, 2.24) is 4.98 Å². The SMILES string of the molecule is COc1ccc(S(=O)(=O)Nc2ccc(C(=O)N(CC3CCCO3)c3nc4ccc(Br)cc4s3)cc2)cc1. The van der Waals surface area contributed by atoms with Gasteiger partial charge >= 0.3 is 0 Å². The average Bonchev–Trinajstić information content (AvgIpc) is 3.56. The summed E-state index contributed by atoms with van der Waals surface area (Å²) in [5.41, 5.74) is 1.59. The third-order valence-electron chi connectivity index (χ3n) is 5.98. The first-order valence-electron chi connectivity index (χ1n) is 11.6. The van der Waals surface area contributed by atoms with Crippen LogP contribution < -0.4 is 14.4 Å². The minimum atomic E-state index is -3.79. The van der Waals surface area contributed by atoms with Crippen molar-refractivity contribution in [3.8, 4) is 5.75 Å². The van der Waals surface area contributed by atoms with Gasteiger partial charge in [0.2, 0.25) is 0 Å². The summed E-state index contributed by atoms with van der Waals surface area (Å²) in [5.74, 6) is 0.341. The van der Waals surface area contributed by atoms with Crippen molar-refractivity contribution in [3.63, 3.8) is 0 Å². The van der Waals surface area contributed by atoms with Crippen molar-refractivity contribution in [2.75, 3.05) is 29.9 Å². The van der Waals surface area contributed by atoms with Gasteiger partial charge in [-0.05, 0) is 79.6 Å². The maximum atomic E-state index is 13.6. The lowest BCUT2D eigenvalue weighted by Gasteiger charge is -2.23. The Bertz CT molecular complexity index is 1520. The number of methoxy groups -OCH3 is 1. The first-order valence-corrected chi connectivity index (χ1v) is 14.7. The number of amides is 1. The van der Waals surface area contributed by atoms with Crippen LogP contribution in [0, 0.1) is 0 Å². The number of anilines is 2. The van der Waals surface area contributed by atoms with E-state index in [2.05, 4.69) is 20.7 Å². The summed E-state index contributed by atoms with van der Waals surface area (Å²) in [4.78, 5) is 20.1. The molecule has 1 aliphatic heterocycles. The topological polar surface area (TPSA) is 97.8 Å². The van der Waals surface area contributed by atoms with E-state index >= 15 is 0 Å². The Hall–Kier alpha value is -2.99. The van der Waals surface area contributed by atoms with E-state index in [1.165, 1.54) is 30.6 Å². The molecule has 0 bridgehead atoms. The lowest BCUT2D eigenvalue weighted by Crippen LogP contribution is -2.37. The third kappa shape index (κ3) is 5.80. The van der Waals surface area contributed by atoms with Crippen LogP contribution >= 0.6 is 27.3 Å². The number of carbonyl (C=O) groups is 1. The van der Waals surface area contributed by atoms with Crippen LogP contribution in [0.15, 0.2) is 76.1 Å². The molecule has 1 fully saturated rings. The van der Waals surface area contributed by atoms with Crippen LogP contribution in [-0.4, -0.2) is 45.7 Å². The second-order valence-corrected chi connectivity index (χ2v) is 12.1. The highest BCUT2D eigenvalue weighted by Crippen LogP contribution is 2.33. The summed E-state index contributed by atoms with van der Waals surface area (Å²) in [5, 5.41) is 0.595. The fraction of sp³-hybridized carbons (Fsp3) is 0.231. The number of fused-ring (bicyclic) bond motifs is 1. The van der Waals surface area contributed by atoms with E-state index in [9.17, 15) is 13.2 Å². The molecule has 0 spiro atoms. The number of aromatic nitrogens is 1. The molecule has 2 heterocycles. The van der Waals surface area contributed by atoms with Crippen LogP contribution in [0.3, 0.4) is 0 Å². The number of ether oxygens (including phenoxy) is 2. The molecule has 1 unspecified atom stereocenters. The number of halogens is 1. The van der Waals surface area contributed by atoms with Crippen molar-refractivity contribution in [2.24, 2.45) is 0 Å². The van der Waals surface area contributed by atoms with Gasteiger partial charge in [0, 0.05) is 22.3 Å². The zero-order valence-electron chi connectivity index (χ0n) is 19.9. The summed E-state index contributed by atoms with van der Waals surface area (Å²) in [6.45, 7) is 1.08. The molecule has 11 heteroatoms. The van der Waals surface area contributed by atoms with Gasteiger partial charge in [-0.25, -0.2) is 13.4 Å². The highest BCUT2D eigenvalue weighted by molar-refractivity contribution is 9.10. The summed E-state index contributed by atoms with van der Waals surface area (Å²) >= 11 is 4.93. The molecule has 1 N–H and O–H groups in total. The van der Waals surface area contributed by atoms with E-state index in [1.807, 2.05) is 18.2 Å². The van der Waals surface area contributed by atoms with E-state index in [0.717, 1.165) is 27.5 Å². The fourth-order valence-electron chi connectivity index (χ4n) is 4.05. The average molecular weight is 603 g/mol. The second kappa shape index (κ2) is 10.8. The van der Waals surface area contributed by atoms with Gasteiger partial charge in [-0.1, -0.05) is 27.3 Å². The van der Waals surface area contributed by atoms with Crippen molar-refractivity contribution in [3.05, 3.63) is 76.8 Å². The van der Waals surface area contributed by atoms with Crippen LogP contribution in [0.25, 0.3) is 10.2 Å². The molecular formula is C26H24BrN3O5S2. The van der Waals surface area contributed by atoms with Gasteiger partial charge < -0.3 is 9.47 Å². The number of hydrogen-bond donors (Lipinski definition) is 1. The Morgan fingerprint density at radius 1 is 1.16 bits per heavy atom. The molecule has 192 valence electrons. The smallest absolute Gasteiger partial charge is 0.261 e.